The largest absolute Gasteiger partial charge is 0.313 e. The molecule has 0 unspecified atom stereocenters. The Bertz CT molecular complexity index is 688. The average Bonchev–Trinajstić information content (AvgIpc) is 2.72. The predicted octanol–water partition coefficient (Wildman–Crippen LogP) is 1.96. The molecule has 3 rings (SSSR count). The minimum atomic E-state index is 0.996. The minimum Gasteiger partial charge on any atom is -0.313 e. The van der Waals surface area contributed by atoms with Crippen molar-refractivity contribution in [2.24, 2.45) is 0 Å². The highest BCUT2D eigenvalue weighted by molar-refractivity contribution is 6.19. The monoisotopic (exact) mass is 252 g/mol. The minimum absolute atomic E-state index is 0.996. The second-order valence-electron chi connectivity index (χ2n) is 5.22. The van der Waals surface area contributed by atoms with Gasteiger partial charge in [0.25, 0.3) is 0 Å². The van der Waals surface area contributed by atoms with Crippen LogP contribution in [-0.2, 0) is 0 Å². The van der Waals surface area contributed by atoms with Crippen molar-refractivity contribution in [1.29, 1.82) is 0 Å². The number of allylic oxidation sites excluding steroid dienone is 1. The van der Waals surface area contributed by atoms with E-state index in [1.807, 2.05) is 0 Å². The van der Waals surface area contributed by atoms with Gasteiger partial charge >= 0.3 is 0 Å². The number of quaternary nitrogens is 1. The number of nitrogens with zero attached hydrogens (tertiary/aromatic N) is 1. The Morgan fingerprint density at radius 2 is 1.84 bits per heavy atom. The lowest BCUT2D eigenvalue weighted by molar-refractivity contribution is -0.801. The van der Waals surface area contributed by atoms with Crippen LogP contribution >= 0.6 is 0 Å². The van der Waals surface area contributed by atoms with Crippen LogP contribution < -0.4 is 4.90 Å². The lowest BCUT2D eigenvalue weighted by atomic mass is 10.0. The summed E-state index contributed by atoms with van der Waals surface area (Å²) in [7, 11) is 4.27. The molecule has 0 radical (unpaired) electrons. The first-order valence-electron chi connectivity index (χ1n) is 6.87. The molecule has 2 heteroatoms. The highest BCUT2D eigenvalue weighted by Gasteiger charge is 2.29. The van der Waals surface area contributed by atoms with Gasteiger partial charge in [-0.05, 0) is 18.4 Å². The van der Waals surface area contributed by atoms with Gasteiger partial charge in [-0.3, -0.25) is 0 Å². The number of hydrogen-bond acceptors (Lipinski definition) is 0. The fraction of sp³-hybridized carbons (Fsp3) is 0.235. The van der Waals surface area contributed by atoms with Gasteiger partial charge in [-0.1, -0.05) is 24.3 Å². The van der Waals surface area contributed by atoms with Crippen LogP contribution in [0.2, 0.25) is 0 Å². The molecule has 1 aliphatic rings. The Balaban J connectivity index is 2.27. The summed E-state index contributed by atoms with van der Waals surface area (Å²) in [5, 5.41) is 2.72. The number of hydrogen-bond donors (Lipinski definition) is 1. The second kappa shape index (κ2) is 4.63. The van der Waals surface area contributed by atoms with E-state index in [9.17, 15) is 0 Å². The summed E-state index contributed by atoms with van der Waals surface area (Å²) in [6.07, 6.45) is 4.44. The van der Waals surface area contributed by atoms with Crippen LogP contribution in [0.4, 0.5) is 5.69 Å². The maximum atomic E-state index is 2.40. The van der Waals surface area contributed by atoms with Gasteiger partial charge in [0.2, 0.25) is 11.4 Å². The molecule has 1 heterocycles. The van der Waals surface area contributed by atoms with E-state index in [1.165, 1.54) is 32.6 Å². The standard InChI is InChI=1S/C17H19N2/c1-4-19-15(11-12-18(2)3)14-9-5-7-13-8-6-10-16(19)17(13)14/h5-12H,4H2,1-3H3/q+1/p+1. The summed E-state index contributed by atoms with van der Waals surface area (Å²) in [5.41, 5.74) is 4.01. The Kier molecular flexibility index (Phi) is 2.96. The molecule has 0 saturated heterocycles. The van der Waals surface area contributed by atoms with Gasteiger partial charge in [-0.25, -0.2) is 0 Å². The van der Waals surface area contributed by atoms with Crippen LogP contribution in [-0.4, -0.2) is 30.9 Å². The van der Waals surface area contributed by atoms with Crippen LogP contribution in [0.5, 0.6) is 0 Å². The first-order valence-corrected chi connectivity index (χ1v) is 6.87. The van der Waals surface area contributed by atoms with Crippen LogP contribution in [0.25, 0.3) is 10.8 Å². The van der Waals surface area contributed by atoms with Gasteiger partial charge < -0.3 is 4.90 Å². The zero-order valence-corrected chi connectivity index (χ0v) is 11.8. The van der Waals surface area contributed by atoms with E-state index in [-0.39, 0.29) is 0 Å². The summed E-state index contributed by atoms with van der Waals surface area (Å²) in [4.78, 5) is 1.33. The molecular formula is C17H20N2+2. The lowest BCUT2D eigenvalue weighted by Gasteiger charge is -1.99. The molecule has 1 aliphatic heterocycles. The predicted molar refractivity (Wildman–Crippen MR) is 80.5 cm³/mol. The molecule has 1 N–H and O–H groups in total. The van der Waals surface area contributed by atoms with Gasteiger partial charge in [-0.15, -0.1) is 0 Å². The summed E-state index contributed by atoms with van der Waals surface area (Å²) in [6.45, 7) is 3.21. The molecule has 2 nitrogen and oxygen atoms in total. The Labute approximate surface area is 114 Å². The molecule has 0 spiro atoms. The number of nitrogens with one attached hydrogen (secondary N) is 1. The van der Waals surface area contributed by atoms with Crippen LogP contribution in [0.15, 0.2) is 48.7 Å². The van der Waals surface area contributed by atoms with E-state index in [0.29, 0.717) is 0 Å². The Morgan fingerprint density at radius 3 is 2.53 bits per heavy atom. The molecule has 0 amide bonds. The number of rotatable bonds is 3. The molecule has 19 heavy (non-hydrogen) atoms. The van der Waals surface area contributed by atoms with Crippen molar-refractivity contribution in [2.75, 3.05) is 20.6 Å². The number of benzene rings is 2. The maximum absolute atomic E-state index is 2.40. The van der Waals surface area contributed by atoms with Gasteiger partial charge in [0.1, 0.15) is 12.7 Å². The second-order valence-corrected chi connectivity index (χ2v) is 5.22. The Morgan fingerprint density at radius 1 is 1.11 bits per heavy atom. The Hall–Kier alpha value is -1.93. The molecule has 0 aromatic heterocycles. The molecular weight excluding hydrogens is 232 g/mol. The van der Waals surface area contributed by atoms with Gasteiger partial charge in [0, 0.05) is 6.07 Å². The van der Waals surface area contributed by atoms with Crippen molar-refractivity contribution < 1.29 is 9.48 Å². The van der Waals surface area contributed by atoms with Crippen molar-refractivity contribution in [1.82, 2.24) is 0 Å². The fourth-order valence-corrected chi connectivity index (χ4v) is 2.80. The van der Waals surface area contributed by atoms with E-state index in [1.54, 1.807) is 0 Å². The molecule has 2 aromatic carbocycles. The average molecular weight is 252 g/mol. The quantitative estimate of drug-likeness (QED) is 0.799. The lowest BCUT2D eigenvalue weighted by Crippen LogP contribution is -3.00. The smallest absolute Gasteiger partial charge is 0.219 e. The van der Waals surface area contributed by atoms with Crippen molar-refractivity contribution in [3.63, 3.8) is 0 Å². The van der Waals surface area contributed by atoms with Gasteiger partial charge in [0.05, 0.1) is 31.1 Å². The molecule has 0 atom stereocenters. The van der Waals surface area contributed by atoms with Crippen molar-refractivity contribution in [3.8, 4) is 0 Å². The van der Waals surface area contributed by atoms with E-state index in [0.717, 1.165) is 6.54 Å². The van der Waals surface area contributed by atoms with Crippen LogP contribution in [0.1, 0.15) is 12.5 Å². The highest BCUT2D eigenvalue weighted by Crippen LogP contribution is 2.35. The van der Waals surface area contributed by atoms with Crippen LogP contribution in [0, 0.1) is 0 Å². The maximum Gasteiger partial charge on any atom is 0.219 e. The molecule has 2 aromatic rings. The fourth-order valence-electron chi connectivity index (χ4n) is 2.80. The van der Waals surface area contributed by atoms with E-state index in [2.05, 4.69) is 74.3 Å². The van der Waals surface area contributed by atoms with E-state index >= 15 is 0 Å². The third-order valence-corrected chi connectivity index (χ3v) is 3.63. The molecule has 0 fully saturated rings. The molecule has 96 valence electrons. The molecule has 0 aliphatic carbocycles. The zero-order valence-electron chi connectivity index (χ0n) is 11.8. The summed E-state index contributed by atoms with van der Waals surface area (Å²) in [5.74, 6) is 0. The summed E-state index contributed by atoms with van der Waals surface area (Å²) in [6, 6.07) is 13.1. The SMILES string of the molecule is CC[N+]1=C(/C=C/[NH+](C)C)c2cccc3cccc1c23. The first kappa shape index (κ1) is 12.1. The third kappa shape index (κ3) is 1.89. The van der Waals surface area contributed by atoms with Gasteiger partial charge in [-0.2, -0.15) is 4.58 Å². The topological polar surface area (TPSA) is 7.45 Å². The van der Waals surface area contributed by atoms with Crippen molar-refractivity contribution in [3.05, 3.63) is 54.2 Å². The summed E-state index contributed by atoms with van der Waals surface area (Å²) >= 11 is 0. The molecule has 0 saturated carbocycles. The third-order valence-electron chi connectivity index (χ3n) is 3.63. The van der Waals surface area contributed by atoms with E-state index in [4.69, 9.17) is 0 Å². The van der Waals surface area contributed by atoms with E-state index < -0.39 is 0 Å². The highest BCUT2D eigenvalue weighted by atomic mass is 15.0. The first-order chi connectivity index (χ1) is 9.22. The summed E-state index contributed by atoms with van der Waals surface area (Å²) < 4.78 is 2.40. The molecule has 0 bridgehead atoms. The van der Waals surface area contributed by atoms with Crippen molar-refractivity contribution >= 4 is 22.2 Å². The zero-order chi connectivity index (χ0) is 13.4. The van der Waals surface area contributed by atoms with Crippen LogP contribution in [0.3, 0.4) is 0 Å². The van der Waals surface area contributed by atoms with Crippen molar-refractivity contribution in [2.45, 2.75) is 6.92 Å². The normalized spacial score (nSPS) is 14.3. The van der Waals surface area contributed by atoms with Gasteiger partial charge in [0.15, 0.2) is 0 Å².